The van der Waals surface area contributed by atoms with Gasteiger partial charge in [0.25, 0.3) is 0 Å². The molecule has 2 fully saturated rings. The highest BCUT2D eigenvalue weighted by Crippen LogP contribution is 2.50. The van der Waals surface area contributed by atoms with Gasteiger partial charge in [0.05, 0.1) is 6.07 Å². The molecule has 2 aliphatic rings. The summed E-state index contributed by atoms with van der Waals surface area (Å²) in [6.45, 7) is 4.58. The normalized spacial score (nSPS) is 43.5. The van der Waals surface area contributed by atoms with Crippen molar-refractivity contribution in [2.24, 2.45) is 11.8 Å². The Morgan fingerprint density at radius 1 is 1.38 bits per heavy atom. The molecule has 72 valence electrons. The van der Waals surface area contributed by atoms with Crippen LogP contribution in [-0.2, 0) is 4.74 Å². The molecule has 2 nitrogen and oxygen atoms in total. The Bertz CT molecular complexity index is 233. The van der Waals surface area contributed by atoms with Crippen LogP contribution >= 0.6 is 0 Å². The molecule has 1 saturated heterocycles. The number of hydrogen-bond acceptors (Lipinski definition) is 2. The molecule has 13 heavy (non-hydrogen) atoms. The number of nitrogens with zero attached hydrogens (tertiary/aromatic N) is 1. The first-order valence-corrected chi connectivity index (χ1v) is 5.25. The van der Waals surface area contributed by atoms with Gasteiger partial charge in [-0.2, -0.15) is 5.26 Å². The van der Waals surface area contributed by atoms with Gasteiger partial charge in [0, 0.05) is 0 Å². The standard InChI is InChI=1S/C11H17NO/c1-8(2)9-3-5-11(6-4-9)10(7-12)13-11/h8-10H,3-6H2,1-2H3. The molecule has 0 aromatic heterocycles. The Kier molecular flexibility index (Phi) is 2.08. The summed E-state index contributed by atoms with van der Waals surface area (Å²) in [5.41, 5.74) is 0.000139. The first-order valence-electron chi connectivity index (χ1n) is 5.25. The number of ether oxygens (including phenoxy) is 1. The van der Waals surface area contributed by atoms with Gasteiger partial charge in [-0.05, 0) is 37.5 Å². The molecule has 1 aliphatic carbocycles. The Labute approximate surface area is 79.9 Å². The van der Waals surface area contributed by atoms with Crippen LogP contribution in [0.1, 0.15) is 39.5 Å². The molecule has 1 unspecified atom stereocenters. The maximum atomic E-state index is 8.72. The minimum absolute atomic E-state index is 0.000139. The van der Waals surface area contributed by atoms with Gasteiger partial charge in [-0.25, -0.2) is 0 Å². The van der Waals surface area contributed by atoms with Crippen LogP contribution in [0.25, 0.3) is 0 Å². The SMILES string of the molecule is CC(C)C1CCC2(CC1)OC2C#N. The first kappa shape index (κ1) is 9.02. The summed E-state index contributed by atoms with van der Waals surface area (Å²) in [6, 6.07) is 2.22. The second kappa shape index (κ2) is 2.99. The average Bonchev–Trinajstić information content (AvgIpc) is 2.80. The second-order valence-corrected chi connectivity index (χ2v) is 4.77. The van der Waals surface area contributed by atoms with Gasteiger partial charge in [0.15, 0.2) is 6.10 Å². The third-order valence-corrected chi connectivity index (χ3v) is 3.71. The minimum atomic E-state index is -0.0828. The van der Waals surface area contributed by atoms with E-state index >= 15 is 0 Å². The van der Waals surface area contributed by atoms with E-state index in [1.165, 1.54) is 12.8 Å². The fourth-order valence-corrected chi connectivity index (χ4v) is 2.52. The molecule has 1 aliphatic heterocycles. The molecular formula is C11H17NO. The quantitative estimate of drug-likeness (QED) is 0.580. The lowest BCUT2D eigenvalue weighted by atomic mass is 9.76. The molecule has 0 bridgehead atoms. The van der Waals surface area contributed by atoms with Gasteiger partial charge in [-0.15, -0.1) is 0 Å². The van der Waals surface area contributed by atoms with Crippen molar-refractivity contribution < 1.29 is 4.74 Å². The zero-order chi connectivity index (χ0) is 9.47. The Morgan fingerprint density at radius 3 is 2.38 bits per heavy atom. The highest BCUT2D eigenvalue weighted by molar-refractivity contribution is 5.15. The van der Waals surface area contributed by atoms with E-state index in [-0.39, 0.29) is 11.7 Å². The van der Waals surface area contributed by atoms with Crippen molar-refractivity contribution in [2.45, 2.75) is 51.2 Å². The van der Waals surface area contributed by atoms with Gasteiger partial charge < -0.3 is 4.74 Å². The molecule has 1 saturated carbocycles. The predicted octanol–water partition coefficient (Wildman–Crippen LogP) is 2.49. The van der Waals surface area contributed by atoms with Gasteiger partial charge in [-0.1, -0.05) is 13.8 Å². The third-order valence-electron chi connectivity index (χ3n) is 3.71. The molecule has 0 radical (unpaired) electrons. The molecular weight excluding hydrogens is 162 g/mol. The van der Waals surface area contributed by atoms with E-state index in [1.807, 2.05) is 0 Å². The first-order chi connectivity index (χ1) is 6.18. The summed E-state index contributed by atoms with van der Waals surface area (Å²) in [5, 5.41) is 8.72. The monoisotopic (exact) mass is 179 g/mol. The number of epoxide rings is 1. The molecule has 0 N–H and O–H groups in total. The third kappa shape index (κ3) is 1.46. The fourth-order valence-electron chi connectivity index (χ4n) is 2.52. The van der Waals surface area contributed by atoms with E-state index in [4.69, 9.17) is 10.00 Å². The molecule has 2 rings (SSSR count). The van der Waals surface area contributed by atoms with Crippen molar-refractivity contribution in [2.75, 3.05) is 0 Å². The zero-order valence-electron chi connectivity index (χ0n) is 8.42. The molecule has 0 aromatic rings. The summed E-state index contributed by atoms with van der Waals surface area (Å²) in [7, 11) is 0. The zero-order valence-corrected chi connectivity index (χ0v) is 8.42. The van der Waals surface area contributed by atoms with Crippen LogP contribution in [0.4, 0.5) is 0 Å². The molecule has 0 amide bonds. The van der Waals surface area contributed by atoms with Crippen LogP contribution in [0.2, 0.25) is 0 Å². The van der Waals surface area contributed by atoms with Gasteiger partial charge >= 0.3 is 0 Å². The summed E-state index contributed by atoms with van der Waals surface area (Å²) in [4.78, 5) is 0. The van der Waals surface area contributed by atoms with Crippen molar-refractivity contribution in [1.29, 1.82) is 5.26 Å². The molecule has 1 heterocycles. The van der Waals surface area contributed by atoms with E-state index in [2.05, 4.69) is 19.9 Å². The second-order valence-electron chi connectivity index (χ2n) is 4.77. The number of hydrogen-bond donors (Lipinski definition) is 0. The van der Waals surface area contributed by atoms with Crippen LogP contribution in [0.5, 0.6) is 0 Å². The summed E-state index contributed by atoms with van der Waals surface area (Å²) < 4.78 is 5.46. The van der Waals surface area contributed by atoms with E-state index in [0.717, 1.165) is 24.7 Å². The summed E-state index contributed by atoms with van der Waals surface area (Å²) in [6.07, 6.45) is 4.62. The Morgan fingerprint density at radius 2 is 2.00 bits per heavy atom. The number of nitriles is 1. The molecule has 1 atom stereocenters. The molecule has 2 heteroatoms. The minimum Gasteiger partial charge on any atom is -0.350 e. The van der Waals surface area contributed by atoms with Gasteiger partial charge in [0.1, 0.15) is 5.60 Å². The summed E-state index contributed by atoms with van der Waals surface area (Å²) >= 11 is 0. The largest absolute Gasteiger partial charge is 0.350 e. The van der Waals surface area contributed by atoms with Crippen LogP contribution in [-0.4, -0.2) is 11.7 Å². The maximum absolute atomic E-state index is 8.72. The highest BCUT2D eigenvalue weighted by atomic mass is 16.6. The fraction of sp³-hybridized carbons (Fsp3) is 0.909. The van der Waals surface area contributed by atoms with Gasteiger partial charge in [0.2, 0.25) is 0 Å². The van der Waals surface area contributed by atoms with Crippen LogP contribution in [0, 0.1) is 23.2 Å². The smallest absolute Gasteiger partial charge is 0.173 e. The summed E-state index contributed by atoms with van der Waals surface area (Å²) in [5.74, 6) is 1.64. The maximum Gasteiger partial charge on any atom is 0.173 e. The lowest BCUT2D eigenvalue weighted by Crippen LogP contribution is -2.26. The Balaban J connectivity index is 1.88. The van der Waals surface area contributed by atoms with E-state index in [1.54, 1.807) is 0 Å². The lowest BCUT2D eigenvalue weighted by Gasteiger charge is -2.28. The van der Waals surface area contributed by atoms with Crippen LogP contribution in [0.15, 0.2) is 0 Å². The molecule has 1 spiro atoms. The lowest BCUT2D eigenvalue weighted by molar-refractivity contribution is 0.172. The van der Waals surface area contributed by atoms with E-state index < -0.39 is 0 Å². The molecule has 0 aromatic carbocycles. The van der Waals surface area contributed by atoms with Crippen molar-refractivity contribution >= 4 is 0 Å². The average molecular weight is 179 g/mol. The Hall–Kier alpha value is -0.550. The predicted molar refractivity (Wildman–Crippen MR) is 50.0 cm³/mol. The van der Waals surface area contributed by atoms with Crippen LogP contribution < -0.4 is 0 Å². The highest BCUT2D eigenvalue weighted by Gasteiger charge is 2.57. The van der Waals surface area contributed by atoms with Crippen molar-refractivity contribution in [3.8, 4) is 6.07 Å². The van der Waals surface area contributed by atoms with Crippen molar-refractivity contribution in [3.63, 3.8) is 0 Å². The van der Waals surface area contributed by atoms with Crippen LogP contribution in [0.3, 0.4) is 0 Å². The van der Waals surface area contributed by atoms with E-state index in [0.29, 0.717) is 0 Å². The van der Waals surface area contributed by atoms with E-state index in [9.17, 15) is 0 Å². The topological polar surface area (TPSA) is 36.3 Å². The van der Waals surface area contributed by atoms with Crippen molar-refractivity contribution in [3.05, 3.63) is 0 Å². The number of rotatable bonds is 1. The van der Waals surface area contributed by atoms with Crippen molar-refractivity contribution in [1.82, 2.24) is 0 Å². The van der Waals surface area contributed by atoms with Gasteiger partial charge in [-0.3, -0.25) is 0 Å².